The summed E-state index contributed by atoms with van der Waals surface area (Å²) >= 11 is 0. The predicted molar refractivity (Wildman–Crippen MR) is 78.1 cm³/mol. The lowest BCUT2D eigenvalue weighted by Gasteiger charge is -2.24. The number of hydrogen-bond donors (Lipinski definition) is 1. The van der Waals surface area contributed by atoms with Crippen LogP contribution < -0.4 is 5.32 Å². The molecule has 0 aromatic heterocycles. The van der Waals surface area contributed by atoms with Crippen molar-refractivity contribution in [2.24, 2.45) is 5.92 Å². The Hall–Kier alpha value is -0.610. The summed E-state index contributed by atoms with van der Waals surface area (Å²) in [5, 5.41) is 3.42. The average Bonchev–Trinajstić information content (AvgIpc) is 3.07. The molecule has 0 aromatic rings. The van der Waals surface area contributed by atoms with Gasteiger partial charge in [-0.15, -0.1) is 0 Å². The monoisotopic (exact) mass is 267 g/mol. The number of nitrogens with one attached hydrogen (secondary N) is 1. The van der Waals surface area contributed by atoms with Gasteiger partial charge in [-0.2, -0.15) is 0 Å². The number of rotatable bonds is 6. The highest BCUT2D eigenvalue weighted by atomic mass is 16.2. The van der Waals surface area contributed by atoms with E-state index in [2.05, 4.69) is 17.1 Å². The summed E-state index contributed by atoms with van der Waals surface area (Å²) in [6, 6.07) is -0.0286. The molecule has 0 bridgehead atoms. The van der Waals surface area contributed by atoms with Crippen LogP contribution in [-0.2, 0) is 4.79 Å². The standard InChI is InChI=1S/C15H29N3O/c1-13(12-17-7-3-4-8-17)11-16-14(2)15(19)18-9-5-6-10-18/h13-14,16H,3-12H2,1-2H3. The Bertz CT molecular complexity index is 283. The second kappa shape index (κ2) is 7.25. The number of likely N-dealkylation sites (tertiary alicyclic amines) is 2. The molecule has 2 atom stereocenters. The van der Waals surface area contributed by atoms with E-state index in [9.17, 15) is 4.79 Å². The molecule has 1 amide bonds. The third-order valence-electron chi connectivity index (χ3n) is 4.33. The van der Waals surface area contributed by atoms with Crippen LogP contribution in [0.4, 0.5) is 0 Å². The quantitative estimate of drug-likeness (QED) is 0.788. The molecule has 4 heteroatoms. The lowest BCUT2D eigenvalue weighted by atomic mass is 10.1. The summed E-state index contributed by atoms with van der Waals surface area (Å²) in [6.45, 7) is 10.8. The van der Waals surface area contributed by atoms with Crippen LogP contribution in [0.25, 0.3) is 0 Å². The van der Waals surface area contributed by atoms with Crippen molar-refractivity contribution in [3.63, 3.8) is 0 Å². The summed E-state index contributed by atoms with van der Waals surface area (Å²) in [6.07, 6.45) is 5.04. The fourth-order valence-corrected chi connectivity index (χ4v) is 3.15. The molecule has 2 saturated heterocycles. The van der Waals surface area contributed by atoms with Crippen molar-refractivity contribution in [1.29, 1.82) is 0 Å². The van der Waals surface area contributed by atoms with Crippen LogP contribution in [0.3, 0.4) is 0 Å². The molecule has 0 radical (unpaired) electrons. The second-order valence-electron chi connectivity index (χ2n) is 6.28. The van der Waals surface area contributed by atoms with Crippen LogP contribution in [-0.4, -0.2) is 61.0 Å². The van der Waals surface area contributed by atoms with E-state index >= 15 is 0 Å². The summed E-state index contributed by atoms with van der Waals surface area (Å²) in [5.74, 6) is 0.901. The van der Waals surface area contributed by atoms with Gasteiger partial charge in [0.05, 0.1) is 6.04 Å². The van der Waals surface area contributed by atoms with Gasteiger partial charge in [0.1, 0.15) is 0 Å². The van der Waals surface area contributed by atoms with Crippen molar-refractivity contribution in [3.8, 4) is 0 Å². The van der Waals surface area contributed by atoms with E-state index < -0.39 is 0 Å². The van der Waals surface area contributed by atoms with E-state index in [1.165, 1.54) is 38.8 Å². The Morgan fingerprint density at radius 2 is 1.63 bits per heavy atom. The van der Waals surface area contributed by atoms with Gasteiger partial charge >= 0.3 is 0 Å². The zero-order chi connectivity index (χ0) is 13.7. The molecule has 0 aromatic carbocycles. The van der Waals surface area contributed by atoms with Crippen molar-refractivity contribution < 1.29 is 4.79 Å². The first-order valence-corrected chi connectivity index (χ1v) is 7.91. The fourth-order valence-electron chi connectivity index (χ4n) is 3.15. The minimum Gasteiger partial charge on any atom is -0.341 e. The molecule has 4 nitrogen and oxygen atoms in total. The molecular weight excluding hydrogens is 238 g/mol. The predicted octanol–water partition coefficient (Wildman–Crippen LogP) is 1.32. The van der Waals surface area contributed by atoms with Gasteiger partial charge in [0.15, 0.2) is 0 Å². The van der Waals surface area contributed by atoms with Crippen LogP contribution in [0.5, 0.6) is 0 Å². The number of hydrogen-bond acceptors (Lipinski definition) is 3. The smallest absolute Gasteiger partial charge is 0.239 e. The molecule has 110 valence electrons. The van der Waals surface area contributed by atoms with Gasteiger partial charge < -0.3 is 15.1 Å². The van der Waals surface area contributed by atoms with Crippen LogP contribution in [0.2, 0.25) is 0 Å². The molecule has 2 unspecified atom stereocenters. The highest BCUT2D eigenvalue weighted by Crippen LogP contribution is 2.11. The van der Waals surface area contributed by atoms with E-state index in [1.807, 2.05) is 11.8 Å². The molecule has 2 aliphatic rings. The number of nitrogens with zero attached hydrogens (tertiary/aromatic N) is 2. The Kier molecular flexibility index (Phi) is 5.64. The minimum atomic E-state index is -0.0286. The Balaban J connectivity index is 1.64. The zero-order valence-corrected chi connectivity index (χ0v) is 12.5. The molecule has 0 spiro atoms. The van der Waals surface area contributed by atoms with Crippen molar-refractivity contribution in [3.05, 3.63) is 0 Å². The molecule has 2 rings (SSSR count). The van der Waals surface area contributed by atoms with Crippen LogP contribution in [0.15, 0.2) is 0 Å². The summed E-state index contributed by atoms with van der Waals surface area (Å²) in [7, 11) is 0. The van der Waals surface area contributed by atoms with E-state index in [4.69, 9.17) is 0 Å². The first kappa shape index (κ1) is 14.8. The van der Waals surface area contributed by atoms with E-state index in [0.29, 0.717) is 5.92 Å². The number of carbonyl (C=O) groups is 1. The van der Waals surface area contributed by atoms with Gasteiger partial charge in [-0.1, -0.05) is 6.92 Å². The van der Waals surface area contributed by atoms with E-state index in [-0.39, 0.29) is 11.9 Å². The lowest BCUT2D eigenvalue weighted by molar-refractivity contribution is -0.131. The SMILES string of the molecule is CC(CNC(C)C(=O)N1CCCC1)CN1CCCC1. The van der Waals surface area contributed by atoms with Gasteiger partial charge in [0.2, 0.25) is 5.91 Å². The van der Waals surface area contributed by atoms with E-state index in [0.717, 1.165) is 26.2 Å². The molecule has 19 heavy (non-hydrogen) atoms. The van der Waals surface area contributed by atoms with Crippen molar-refractivity contribution in [2.45, 2.75) is 45.6 Å². The second-order valence-corrected chi connectivity index (χ2v) is 6.28. The number of carbonyl (C=O) groups excluding carboxylic acids is 1. The maximum atomic E-state index is 12.2. The van der Waals surface area contributed by atoms with Gasteiger partial charge in [0.25, 0.3) is 0 Å². The summed E-state index contributed by atoms with van der Waals surface area (Å²) in [5.41, 5.74) is 0. The van der Waals surface area contributed by atoms with Gasteiger partial charge in [0, 0.05) is 19.6 Å². The molecule has 0 saturated carbocycles. The molecular formula is C15H29N3O. The normalized spacial score (nSPS) is 23.8. The third-order valence-corrected chi connectivity index (χ3v) is 4.33. The molecule has 2 aliphatic heterocycles. The Morgan fingerprint density at radius 1 is 1.05 bits per heavy atom. The lowest BCUT2D eigenvalue weighted by Crippen LogP contribution is -2.45. The maximum absolute atomic E-state index is 12.2. The van der Waals surface area contributed by atoms with Crippen LogP contribution >= 0.6 is 0 Å². The fraction of sp³-hybridized carbons (Fsp3) is 0.933. The largest absolute Gasteiger partial charge is 0.341 e. The highest BCUT2D eigenvalue weighted by molar-refractivity contribution is 5.81. The van der Waals surface area contributed by atoms with Gasteiger partial charge in [-0.3, -0.25) is 4.79 Å². The van der Waals surface area contributed by atoms with Crippen molar-refractivity contribution >= 4 is 5.91 Å². The van der Waals surface area contributed by atoms with Crippen molar-refractivity contribution in [1.82, 2.24) is 15.1 Å². The first-order chi connectivity index (χ1) is 9.16. The molecule has 2 heterocycles. The Morgan fingerprint density at radius 3 is 2.26 bits per heavy atom. The summed E-state index contributed by atoms with van der Waals surface area (Å²) in [4.78, 5) is 16.7. The molecule has 0 aliphatic carbocycles. The van der Waals surface area contributed by atoms with E-state index in [1.54, 1.807) is 0 Å². The van der Waals surface area contributed by atoms with Gasteiger partial charge in [-0.05, 0) is 58.2 Å². The summed E-state index contributed by atoms with van der Waals surface area (Å²) < 4.78 is 0. The molecule has 2 fully saturated rings. The minimum absolute atomic E-state index is 0.0286. The third kappa shape index (κ3) is 4.46. The molecule has 1 N–H and O–H groups in total. The van der Waals surface area contributed by atoms with Crippen LogP contribution in [0.1, 0.15) is 39.5 Å². The number of amides is 1. The van der Waals surface area contributed by atoms with Crippen molar-refractivity contribution in [2.75, 3.05) is 39.3 Å². The van der Waals surface area contributed by atoms with Crippen LogP contribution in [0, 0.1) is 5.92 Å². The highest BCUT2D eigenvalue weighted by Gasteiger charge is 2.23. The Labute approximate surface area is 117 Å². The van der Waals surface area contributed by atoms with Gasteiger partial charge in [-0.25, -0.2) is 0 Å². The first-order valence-electron chi connectivity index (χ1n) is 7.91. The maximum Gasteiger partial charge on any atom is 0.239 e. The zero-order valence-electron chi connectivity index (χ0n) is 12.5. The topological polar surface area (TPSA) is 35.6 Å². The average molecular weight is 267 g/mol.